The van der Waals surface area contributed by atoms with Crippen molar-refractivity contribution in [2.24, 2.45) is 0 Å². The zero-order valence-electron chi connectivity index (χ0n) is 10.5. The molecule has 0 unspecified atom stereocenters. The number of anilines is 1. The molecule has 1 aliphatic heterocycles. The summed E-state index contributed by atoms with van der Waals surface area (Å²) in [4.78, 5) is 0. The summed E-state index contributed by atoms with van der Waals surface area (Å²) in [6.45, 7) is 0.299. The molecule has 0 amide bonds. The summed E-state index contributed by atoms with van der Waals surface area (Å²) in [7, 11) is 0. The fourth-order valence-corrected chi connectivity index (χ4v) is 3.10. The lowest BCUT2D eigenvalue weighted by Crippen LogP contribution is -2.36. The molecule has 1 saturated carbocycles. The van der Waals surface area contributed by atoms with Crippen LogP contribution in [0.2, 0.25) is 0 Å². The molecule has 4 rings (SSSR count). The lowest BCUT2D eigenvalue weighted by molar-refractivity contribution is 0.170. The minimum absolute atomic E-state index is 0.0519. The summed E-state index contributed by atoms with van der Waals surface area (Å²) >= 11 is 0. The summed E-state index contributed by atoms with van der Waals surface area (Å²) in [5, 5.41) is 7.13. The molecule has 98 valence electrons. The molecule has 3 N–H and O–H groups in total. The zero-order chi connectivity index (χ0) is 12.9. The molecule has 0 atom stereocenters. The van der Waals surface area contributed by atoms with Crippen molar-refractivity contribution in [3.05, 3.63) is 35.5 Å². The van der Waals surface area contributed by atoms with E-state index in [1.54, 1.807) is 0 Å². The number of hydrogen-bond acceptors (Lipinski definition) is 4. The monoisotopic (exact) mass is 257 g/mol. The van der Waals surface area contributed by atoms with Gasteiger partial charge in [-0.15, -0.1) is 0 Å². The third-order valence-corrected chi connectivity index (χ3v) is 4.23. The molecule has 0 radical (unpaired) electrons. The number of ether oxygens (including phenoxy) is 2. The SMILES string of the molecule is Nc1cc(C2(c3cccc4c3OCO4)CCC2)[nH]n1. The highest BCUT2D eigenvalue weighted by molar-refractivity contribution is 5.56. The molecule has 19 heavy (non-hydrogen) atoms. The van der Waals surface area contributed by atoms with Gasteiger partial charge in [0.1, 0.15) is 5.82 Å². The molecule has 5 heteroatoms. The molecule has 1 fully saturated rings. The summed E-state index contributed by atoms with van der Waals surface area (Å²) in [5.74, 6) is 2.23. The Morgan fingerprint density at radius 2 is 2.16 bits per heavy atom. The van der Waals surface area contributed by atoms with E-state index in [9.17, 15) is 0 Å². The highest BCUT2D eigenvalue weighted by Gasteiger charge is 2.45. The number of rotatable bonds is 2. The molecule has 0 bridgehead atoms. The van der Waals surface area contributed by atoms with Crippen molar-refractivity contribution < 1.29 is 9.47 Å². The molecule has 0 saturated heterocycles. The zero-order valence-corrected chi connectivity index (χ0v) is 10.5. The Morgan fingerprint density at radius 3 is 2.84 bits per heavy atom. The number of fused-ring (bicyclic) bond motifs is 1. The normalized spacial score (nSPS) is 19.2. The van der Waals surface area contributed by atoms with Gasteiger partial charge in [-0.3, -0.25) is 5.10 Å². The van der Waals surface area contributed by atoms with Crippen LogP contribution in [0, 0.1) is 0 Å². The van der Waals surface area contributed by atoms with Crippen molar-refractivity contribution in [2.45, 2.75) is 24.7 Å². The maximum Gasteiger partial charge on any atom is 0.231 e. The van der Waals surface area contributed by atoms with E-state index < -0.39 is 0 Å². The second-order valence-corrected chi connectivity index (χ2v) is 5.18. The average molecular weight is 257 g/mol. The van der Waals surface area contributed by atoms with Crippen molar-refractivity contribution in [2.75, 3.05) is 12.5 Å². The fraction of sp³-hybridized carbons (Fsp3) is 0.357. The standard InChI is InChI=1S/C14H15N3O2/c15-12-7-11(16-17-12)14(5-2-6-14)9-3-1-4-10-13(9)19-8-18-10/h1,3-4,7H,2,5-6,8H2,(H3,15,16,17). The quantitative estimate of drug-likeness (QED) is 0.865. The van der Waals surface area contributed by atoms with Gasteiger partial charge in [-0.1, -0.05) is 18.6 Å². The van der Waals surface area contributed by atoms with E-state index >= 15 is 0 Å². The average Bonchev–Trinajstić information content (AvgIpc) is 2.97. The van der Waals surface area contributed by atoms with Crippen molar-refractivity contribution >= 4 is 5.82 Å². The maximum absolute atomic E-state index is 5.75. The van der Waals surface area contributed by atoms with Crippen LogP contribution in [0.3, 0.4) is 0 Å². The molecule has 5 nitrogen and oxygen atoms in total. The van der Waals surface area contributed by atoms with Gasteiger partial charge in [0.05, 0.1) is 0 Å². The fourth-order valence-electron chi connectivity index (χ4n) is 3.10. The van der Waals surface area contributed by atoms with Crippen LogP contribution in [0.5, 0.6) is 11.5 Å². The molecule has 0 spiro atoms. The minimum Gasteiger partial charge on any atom is -0.454 e. The molecule has 1 aromatic heterocycles. The van der Waals surface area contributed by atoms with Crippen LogP contribution < -0.4 is 15.2 Å². The minimum atomic E-state index is -0.0519. The Bertz CT molecular complexity index is 631. The number of H-pyrrole nitrogens is 1. The van der Waals surface area contributed by atoms with Crippen molar-refractivity contribution in [1.82, 2.24) is 10.2 Å². The maximum atomic E-state index is 5.75. The van der Waals surface area contributed by atoms with Crippen molar-refractivity contribution in [3.63, 3.8) is 0 Å². The molecular weight excluding hydrogens is 242 g/mol. The van der Waals surface area contributed by atoms with Crippen LogP contribution >= 0.6 is 0 Å². The summed E-state index contributed by atoms with van der Waals surface area (Å²) in [6, 6.07) is 8.00. The Labute approximate surface area is 110 Å². The summed E-state index contributed by atoms with van der Waals surface area (Å²) in [5.41, 5.74) is 7.94. The van der Waals surface area contributed by atoms with E-state index in [-0.39, 0.29) is 5.41 Å². The Balaban J connectivity index is 1.88. The molecule has 2 aliphatic rings. The highest BCUT2D eigenvalue weighted by Crippen LogP contribution is 2.53. The van der Waals surface area contributed by atoms with E-state index in [0.717, 1.165) is 30.0 Å². The number of benzene rings is 1. The number of hydrogen-bond donors (Lipinski definition) is 2. The lowest BCUT2D eigenvalue weighted by Gasteiger charge is -2.41. The second-order valence-electron chi connectivity index (χ2n) is 5.18. The lowest BCUT2D eigenvalue weighted by atomic mass is 9.62. The molecule has 1 aromatic carbocycles. The Morgan fingerprint density at radius 1 is 1.26 bits per heavy atom. The van der Waals surface area contributed by atoms with Gasteiger partial charge in [0.25, 0.3) is 0 Å². The van der Waals surface area contributed by atoms with Crippen LogP contribution in [0.1, 0.15) is 30.5 Å². The van der Waals surface area contributed by atoms with Crippen LogP contribution in [-0.2, 0) is 5.41 Å². The number of nitrogen functional groups attached to an aromatic ring is 1. The van der Waals surface area contributed by atoms with Crippen LogP contribution in [0.25, 0.3) is 0 Å². The smallest absolute Gasteiger partial charge is 0.231 e. The highest BCUT2D eigenvalue weighted by atomic mass is 16.7. The molecule has 2 heterocycles. The van der Waals surface area contributed by atoms with E-state index in [4.69, 9.17) is 15.2 Å². The largest absolute Gasteiger partial charge is 0.454 e. The van der Waals surface area contributed by atoms with Crippen molar-refractivity contribution in [3.8, 4) is 11.5 Å². The van der Waals surface area contributed by atoms with Crippen LogP contribution in [-0.4, -0.2) is 17.0 Å². The second kappa shape index (κ2) is 3.66. The van der Waals surface area contributed by atoms with Gasteiger partial charge >= 0.3 is 0 Å². The molecular formula is C14H15N3O2. The first kappa shape index (κ1) is 10.7. The van der Waals surface area contributed by atoms with Gasteiger partial charge in [0.2, 0.25) is 6.79 Å². The first-order valence-corrected chi connectivity index (χ1v) is 6.50. The Hall–Kier alpha value is -2.17. The number of nitrogens with one attached hydrogen (secondary N) is 1. The van der Waals surface area contributed by atoms with Gasteiger partial charge in [0.15, 0.2) is 11.5 Å². The number of para-hydroxylation sites is 1. The van der Waals surface area contributed by atoms with E-state index in [2.05, 4.69) is 16.3 Å². The third kappa shape index (κ3) is 1.38. The summed E-state index contributed by atoms with van der Waals surface area (Å²) in [6.07, 6.45) is 3.35. The topological polar surface area (TPSA) is 73.2 Å². The van der Waals surface area contributed by atoms with E-state index in [1.165, 1.54) is 12.0 Å². The van der Waals surface area contributed by atoms with Gasteiger partial charge in [0, 0.05) is 22.7 Å². The van der Waals surface area contributed by atoms with E-state index in [1.807, 2.05) is 18.2 Å². The van der Waals surface area contributed by atoms with Gasteiger partial charge in [-0.05, 0) is 18.9 Å². The number of aromatic amines is 1. The third-order valence-electron chi connectivity index (χ3n) is 4.23. The number of nitrogens with two attached hydrogens (primary N) is 1. The number of aromatic nitrogens is 2. The van der Waals surface area contributed by atoms with Gasteiger partial charge in [-0.2, -0.15) is 5.10 Å². The predicted molar refractivity (Wildman–Crippen MR) is 70.2 cm³/mol. The number of nitrogens with zero attached hydrogens (tertiary/aromatic N) is 1. The predicted octanol–water partition coefficient (Wildman–Crippen LogP) is 2.19. The molecule has 1 aliphatic carbocycles. The van der Waals surface area contributed by atoms with E-state index in [0.29, 0.717) is 12.6 Å². The Kier molecular flexibility index (Phi) is 2.07. The first-order chi connectivity index (χ1) is 9.29. The van der Waals surface area contributed by atoms with Crippen LogP contribution in [0.4, 0.5) is 5.82 Å². The molecule has 2 aromatic rings. The van der Waals surface area contributed by atoms with Gasteiger partial charge < -0.3 is 15.2 Å². The van der Waals surface area contributed by atoms with Gasteiger partial charge in [-0.25, -0.2) is 0 Å². The summed E-state index contributed by atoms with van der Waals surface area (Å²) < 4.78 is 11.1. The first-order valence-electron chi connectivity index (χ1n) is 6.50. The van der Waals surface area contributed by atoms with Crippen LogP contribution in [0.15, 0.2) is 24.3 Å². The van der Waals surface area contributed by atoms with Crippen molar-refractivity contribution in [1.29, 1.82) is 0 Å².